The van der Waals surface area contributed by atoms with Crippen LogP contribution in [0.4, 0.5) is 0 Å². The zero-order valence-electron chi connectivity index (χ0n) is 14.2. The van der Waals surface area contributed by atoms with E-state index in [0.717, 1.165) is 36.4 Å². The largest absolute Gasteiger partial charge is 0.497 e. The van der Waals surface area contributed by atoms with Crippen molar-refractivity contribution >= 4 is 5.91 Å². The second-order valence-electron chi connectivity index (χ2n) is 6.28. The van der Waals surface area contributed by atoms with Gasteiger partial charge in [0.15, 0.2) is 0 Å². The van der Waals surface area contributed by atoms with E-state index in [1.807, 2.05) is 18.2 Å². The smallest absolute Gasteiger partial charge is 0.250 e. The minimum Gasteiger partial charge on any atom is -0.497 e. The summed E-state index contributed by atoms with van der Waals surface area (Å²) < 4.78 is 16.9. The second kappa shape index (κ2) is 8.35. The fraction of sp³-hybridized carbons (Fsp3) is 0.611. The summed E-state index contributed by atoms with van der Waals surface area (Å²) in [6, 6.07) is 5.74. The third-order valence-corrected chi connectivity index (χ3v) is 4.54. The molecule has 1 saturated heterocycles. The van der Waals surface area contributed by atoms with Crippen molar-refractivity contribution < 1.29 is 19.0 Å². The van der Waals surface area contributed by atoms with Gasteiger partial charge < -0.3 is 24.8 Å². The molecular weight excluding hydrogens is 308 g/mol. The zero-order chi connectivity index (χ0) is 16.8. The number of carbonyl (C=O) groups excluding carboxylic acids is 1. The lowest BCUT2D eigenvalue weighted by molar-refractivity contribution is -0.134. The van der Waals surface area contributed by atoms with Gasteiger partial charge in [-0.15, -0.1) is 0 Å². The molecule has 0 aromatic heterocycles. The number of rotatable bonds is 6. The molecule has 1 saturated carbocycles. The molecule has 1 heterocycles. The van der Waals surface area contributed by atoms with Crippen molar-refractivity contribution in [1.82, 2.24) is 10.6 Å². The molecule has 1 aliphatic heterocycles. The molecule has 0 spiro atoms. The van der Waals surface area contributed by atoms with E-state index in [0.29, 0.717) is 19.7 Å². The van der Waals surface area contributed by atoms with E-state index in [2.05, 4.69) is 10.6 Å². The van der Waals surface area contributed by atoms with Crippen LogP contribution >= 0.6 is 0 Å². The first-order valence-corrected chi connectivity index (χ1v) is 8.70. The quantitative estimate of drug-likeness (QED) is 0.827. The van der Waals surface area contributed by atoms with Crippen LogP contribution in [0, 0.1) is 0 Å². The minimum atomic E-state index is -0.420. The molecule has 1 unspecified atom stereocenters. The second-order valence-corrected chi connectivity index (χ2v) is 6.28. The number of hydrogen-bond acceptors (Lipinski definition) is 5. The van der Waals surface area contributed by atoms with Crippen LogP contribution in [0.5, 0.6) is 11.5 Å². The summed E-state index contributed by atoms with van der Waals surface area (Å²) in [5, 5.41) is 6.11. The summed E-state index contributed by atoms with van der Waals surface area (Å²) in [7, 11) is 1.64. The SMILES string of the molecule is COc1ccc(CNC(=O)C2CNCCO2)c(OC2CCCC2)c1. The lowest BCUT2D eigenvalue weighted by atomic mass is 10.1. The Morgan fingerprint density at radius 3 is 2.92 bits per heavy atom. The summed E-state index contributed by atoms with van der Waals surface area (Å²) >= 11 is 0. The van der Waals surface area contributed by atoms with Crippen molar-refractivity contribution in [3.8, 4) is 11.5 Å². The molecule has 1 aromatic rings. The lowest BCUT2D eigenvalue weighted by Gasteiger charge is -2.23. The summed E-state index contributed by atoms with van der Waals surface area (Å²) in [5.74, 6) is 1.46. The van der Waals surface area contributed by atoms with Gasteiger partial charge in [0, 0.05) is 31.3 Å². The van der Waals surface area contributed by atoms with Gasteiger partial charge in [0.1, 0.15) is 17.6 Å². The van der Waals surface area contributed by atoms with Crippen molar-refractivity contribution in [1.29, 1.82) is 0 Å². The molecular formula is C18H26N2O4. The number of benzene rings is 1. The third-order valence-electron chi connectivity index (χ3n) is 4.54. The highest BCUT2D eigenvalue weighted by Gasteiger charge is 2.22. The van der Waals surface area contributed by atoms with Gasteiger partial charge in [0.2, 0.25) is 0 Å². The summed E-state index contributed by atoms with van der Waals surface area (Å²) in [5.41, 5.74) is 0.958. The van der Waals surface area contributed by atoms with Crippen LogP contribution in [0.15, 0.2) is 18.2 Å². The van der Waals surface area contributed by atoms with E-state index >= 15 is 0 Å². The van der Waals surface area contributed by atoms with Crippen molar-refractivity contribution in [2.75, 3.05) is 26.8 Å². The number of hydrogen-bond donors (Lipinski definition) is 2. The van der Waals surface area contributed by atoms with Crippen molar-refractivity contribution in [2.45, 2.75) is 44.4 Å². The Labute approximate surface area is 142 Å². The minimum absolute atomic E-state index is 0.0927. The number of carbonyl (C=O) groups is 1. The number of morpholine rings is 1. The number of methoxy groups -OCH3 is 1. The number of amides is 1. The molecule has 6 nitrogen and oxygen atoms in total. The lowest BCUT2D eigenvalue weighted by Crippen LogP contribution is -2.47. The molecule has 0 bridgehead atoms. The first kappa shape index (κ1) is 17.0. The number of ether oxygens (including phenoxy) is 3. The van der Waals surface area contributed by atoms with E-state index in [1.165, 1.54) is 12.8 Å². The van der Waals surface area contributed by atoms with Crippen LogP contribution in [-0.2, 0) is 16.1 Å². The van der Waals surface area contributed by atoms with Gasteiger partial charge in [-0.25, -0.2) is 0 Å². The van der Waals surface area contributed by atoms with E-state index in [9.17, 15) is 4.79 Å². The Kier molecular flexibility index (Phi) is 5.93. The van der Waals surface area contributed by atoms with Gasteiger partial charge in [-0.2, -0.15) is 0 Å². The summed E-state index contributed by atoms with van der Waals surface area (Å²) in [6.45, 7) is 2.34. The average molecular weight is 334 g/mol. The standard InChI is InChI=1S/C18H26N2O4/c1-22-15-7-6-13(16(10-15)24-14-4-2-3-5-14)11-20-18(21)17-12-19-8-9-23-17/h6-7,10,14,17,19H,2-5,8-9,11-12H2,1H3,(H,20,21). The predicted molar refractivity (Wildman–Crippen MR) is 90.3 cm³/mol. The van der Waals surface area contributed by atoms with Gasteiger partial charge in [-0.1, -0.05) is 0 Å². The maximum atomic E-state index is 12.2. The molecule has 1 aromatic carbocycles. The van der Waals surface area contributed by atoms with Crippen molar-refractivity contribution in [3.63, 3.8) is 0 Å². The first-order chi connectivity index (χ1) is 11.8. The molecule has 2 N–H and O–H groups in total. The van der Waals surface area contributed by atoms with Crippen LogP contribution < -0.4 is 20.1 Å². The summed E-state index contributed by atoms with van der Waals surface area (Å²) in [6.07, 6.45) is 4.45. The van der Waals surface area contributed by atoms with Crippen LogP contribution in [-0.4, -0.2) is 44.9 Å². The molecule has 1 amide bonds. The predicted octanol–water partition coefficient (Wildman–Crippen LogP) is 1.62. The normalized spacial score (nSPS) is 21.5. The van der Waals surface area contributed by atoms with Gasteiger partial charge in [0.25, 0.3) is 5.91 Å². The molecule has 1 aliphatic carbocycles. The zero-order valence-corrected chi connectivity index (χ0v) is 14.2. The Morgan fingerprint density at radius 1 is 1.38 bits per heavy atom. The van der Waals surface area contributed by atoms with E-state index in [4.69, 9.17) is 14.2 Å². The fourth-order valence-corrected chi connectivity index (χ4v) is 3.13. The van der Waals surface area contributed by atoms with Gasteiger partial charge in [-0.3, -0.25) is 4.79 Å². The van der Waals surface area contributed by atoms with Crippen LogP contribution in [0.1, 0.15) is 31.2 Å². The fourth-order valence-electron chi connectivity index (χ4n) is 3.13. The van der Waals surface area contributed by atoms with E-state index in [1.54, 1.807) is 7.11 Å². The molecule has 1 atom stereocenters. The molecule has 3 rings (SSSR count). The highest BCUT2D eigenvalue weighted by atomic mass is 16.5. The van der Waals surface area contributed by atoms with Crippen molar-refractivity contribution in [2.24, 2.45) is 0 Å². The maximum absolute atomic E-state index is 12.2. The van der Waals surface area contributed by atoms with E-state index in [-0.39, 0.29) is 12.0 Å². The number of nitrogens with one attached hydrogen (secondary N) is 2. The third kappa shape index (κ3) is 4.39. The van der Waals surface area contributed by atoms with Crippen LogP contribution in [0.2, 0.25) is 0 Å². The Morgan fingerprint density at radius 2 is 2.21 bits per heavy atom. The van der Waals surface area contributed by atoms with Gasteiger partial charge >= 0.3 is 0 Å². The molecule has 2 aliphatic rings. The molecule has 2 fully saturated rings. The molecule has 0 radical (unpaired) electrons. The Bertz CT molecular complexity index is 552. The average Bonchev–Trinajstić information content (AvgIpc) is 3.14. The molecule has 24 heavy (non-hydrogen) atoms. The van der Waals surface area contributed by atoms with E-state index < -0.39 is 6.10 Å². The van der Waals surface area contributed by atoms with Gasteiger partial charge in [0.05, 0.1) is 19.8 Å². The van der Waals surface area contributed by atoms with Crippen LogP contribution in [0.3, 0.4) is 0 Å². The van der Waals surface area contributed by atoms with Crippen molar-refractivity contribution in [3.05, 3.63) is 23.8 Å². The van der Waals surface area contributed by atoms with Crippen LogP contribution in [0.25, 0.3) is 0 Å². The molecule has 6 heteroatoms. The highest BCUT2D eigenvalue weighted by Crippen LogP contribution is 2.30. The molecule has 132 valence electrons. The van der Waals surface area contributed by atoms with Gasteiger partial charge in [-0.05, 0) is 37.8 Å². The maximum Gasteiger partial charge on any atom is 0.250 e. The Hall–Kier alpha value is -1.79. The topological polar surface area (TPSA) is 68.8 Å². The Balaban J connectivity index is 1.63. The summed E-state index contributed by atoms with van der Waals surface area (Å²) in [4.78, 5) is 12.2. The first-order valence-electron chi connectivity index (χ1n) is 8.70. The highest BCUT2D eigenvalue weighted by molar-refractivity contribution is 5.81. The monoisotopic (exact) mass is 334 g/mol.